The van der Waals surface area contributed by atoms with Gasteiger partial charge in [0.15, 0.2) is 0 Å². The topological polar surface area (TPSA) is 27.1 Å². The molecule has 21 heavy (non-hydrogen) atoms. The van der Waals surface area contributed by atoms with Crippen molar-refractivity contribution in [2.75, 3.05) is 6.61 Å². The monoisotopic (exact) mass is 308 g/mol. The number of benzene rings is 1. The van der Waals surface area contributed by atoms with E-state index < -0.39 is 0 Å². The summed E-state index contributed by atoms with van der Waals surface area (Å²) < 4.78 is 8.04. The van der Waals surface area contributed by atoms with Gasteiger partial charge in [-0.1, -0.05) is 26.8 Å². The van der Waals surface area contributed by atoms with Crippen LogP contribution in [0.25, 0.3) is 11.0 Å². The van der Waals surface area contributed by atoms with E-state index >= 15 is 0 Å². The van der Waals surface area contributed by atoms with E-state index in [9.17, 15) is 0 Å². The van der Waals surface area contributed by atoms with E-state index in [-0.39, 0.29) is 0 Å². The van der Waals surface area contributed by atoms with Crippen molar-refractivity contribution >= 4 is 22.6 Å². The first-order chi connectivity index (χ1) is 10.2. The van der Waals surface area contributed by atoms with Gasteiger partial charge in [-0.2, -0.15) is 0 Å². The number of hydrogen-bond acceptors (Lipinski definition) is 2. The Morgan fingerprint density at radius 2 is 2.14 bits per heavy atom. The Morgan fingerprint density at radius 3 is 2.81 bits per heavy atom. The van der Waals surface area contributed by atoms with Gasteiger partial charge in [-0.05, 0) is 37.3 Å². The fourth-order valence-corrected chi connectivity index (χ4v) is 2.71. The first-order valence-electron chi connectivity index (χ1n) is 7.84. The number of hydrogen-bond donors (Lipinski definition) is 0. The molecule has 0 saturated carbocycles. The summed E-state index contributed by atoms with van der Waals surface area (Å²) >= 11 is 6.08. The van der Waals surface area contributed by atoms with Gasteiger partial charge in [0.2, 0.25) is 0 Å². The molecule has 0 unspecified atom stereocenters. The zero-order chi connectivity index (χ0) is 15.2. The van der Waals surface area contributed by atoms with Gasteiger partial charge in [-0.3, -0.25) is 0 Å². The number of aromatic nitrogens is 2. The van der Waals surface area contributed by atoms with Crippen molar-refractivity contribution < 1.29 is 4.74 Å². The van der Waals surface area contributed by atoms with E-state index in [2.05, 4.69) is 36.4 Å². The zero-order valence-electron chi connectivity index (χ0n) is 13.2. The molecule has 1 aromatic carbocycles. The summed E-state index contributed by atoms with van der Waals surface area (Å²) in [5, 5.41) is 0. The van der Waals surface area contributed by atoms with Gasteiger partial charge >= 0.3 is 0 Å². The number of ether oxygens (including phenoxy) is 1. The molecule has 1 heterocycles. The third-order valence-electron chi connectivity index (χ3n) is 3.57. The molecule has 2 aromatic rings. The van der Waals surface area contributed by atoms with E-state index in [1.807, 2.05) is 12.1 Å². The SMILES string of the molecule is CCCOc1cccc2c1nc(CCl)n2CCCC(C)C. The summed E-state index contributed by atoms with van der Waals surface area (Å²) in [6.07, 6.45) is 3.36. The molecule has 0 aliphatic rings. The number of para-hydroxylation sites is 1. The van der Waals surface area contributed by atoms with Crippen LogP contribution in [0.5, 0.6) is 5.75 Å². The highest BCUT2D eigenvalue weighted by Gasteiger charge is 2.13. The highest BCUT2D eigenvalue weighted by molar-refractivity contribution is 6.16. The third-order valence-corrected chi connectivity index (χ3v) is 3.80. The largest absolute Gasteiger partial charge is 0.491 e. The second-order valence-corrected chi connectivity index (χ2v) is 6.09. The maximum absolute atomic E-state index is 6.08. The summed E-state index contributed by atoms with van der Waals surface area (Å²) in [6.45, 7) is 8.30. The standard InChI is InChI=1S/C17H25ClN2O/c1-4-11-21-15-9-5-8-14-17(15)19-16(12-18)20(14)10-6-7-13(2)3/h5,8-9,13H,4,6-7,10-12H2,1-3H3. The molecule has 3 nitrogen and oxygen atoms in total. The van der Waals surface area contributed by atoms with E-state index in [0.29, 0.717) is 5.88 Å². The molecule has 0 spiro atoms. The Balaban J connectivity index is 2.30. The van der Waals surface area contributed by atoms with Gasteiger partial charge in [0.25, 0.3) is 0 Å². The smallest absolute Gasteiger partial charge is 0.147 e. The van der Waals surface area contributed by atoms with E-state index in [1.54, 1.807) is 0 Å². The highest BCUT2D eigenvalue weighted by Crippen LogP contribution is 2.27. The van der Waals surface area contributed by atoms with Crippen LogP contribution >= 0.6 is 11.6 Å². The summed E-state index contributed by atoms with van der Waals surface area (Å²) in [5.74, 6) is 2.96. The average Bonchev–Trinajstić information content (AvgIpc) is 2.83. The minimum atomic E-state index is 0.434. The van der Waals surface area contributed by atoms with Gasteiger partial charge in [0, 0.05) is 6.54 Å². The van der Waals surface area contributed by atoms with Crippen molar-refractivity contribution in [2.45, 2.75) is 52.5 Å². The Hall–Kier alpha value is -1.22. The fourth-order valence-electron chi connectivity index (χ4n) is 2.51. The molecular weight excluding hydrogens is 284 g/mol. The number of alkyl halides is 1. The van der Waals surface area contributed by atoms with E-state index in [1.165, 1.54) is 6.42 Å². The van der Waals surface area contributed by atoms with Gasteiger partial charge in [-0.15, -0.1) is 11.6 Å². The molecule has 0 aliphatic carbocycles. The lowest BCUT2D eigenvalue weighted by atomic mass is 10.1. The van der Waals surface area contributed by atoms with Crippen LogP contribution in [0.3, 0.4) is 0 Å². The summed E-state index contributed by atoms with van der Waals surface area (Å²) in [4.78, 5) is 4.69. The Bertz CT molecular complexity index is 577. The minimum absolute atomic E-state index is 0.434. The number of halogens is 1. The molecule has 116 valence electrons. The molecule has 0 radical (unpaired) electrons. The maximum atomic E-state index is 6.08. The van der Waals surface area contributed by atoms with Crippen molar-refractivity contribution in [3.05, 3.63) is 24.0 Å². The van der Waals surface area contributed by atoms with Crippen LogP contribution in [0, 0.1) is 5.92 Å². The molecule has 4 heteroatoms. The molecule has 0 fully saturated rings. The molecule has 0 N–H and O–H groups in total. The Morgan fingerprint density at radius 1 is 1.33 bits per heavy atom. The van der Waals surface area contributed by atoms with Crippen LogP contribution in [-0.2, 0) is 12.4 Å². The van der Waals surface area contributed by atoms with Crippen LogP contribution < -0.4 is 4.74 Å². The van der Waals surface area contributed by atoms with Gasteiger partial charge in [-0.25, -0.2) is 4.98 Å². The lowest BCUT2D eigenvalue weighted by Gasteiger charge is -2.09. The van der Waals surface area contributed by atoms with E-state index in [0.717, 1.165) is 54.5 Å². The van der Waals surface area contributed by atoms with Crippen LogP contribution in [0.1, 0.15) is 45.9 Å². The Labute approximate surface area is 132 Å². The summed E-state index contributed by atoms with van der Waals surface area (Å²) in [6, 6.07) is 6.12. The highest BCUT2D eigenvalue weighted by atomic mass is 35.5. The number of nitrogens with zero attached hydrogens (tertiary/aromatic N) is 2. The Kier molecular flexibility index (Phi) is 5.92. The zero-order valence-corrected chi connectivity index (χ0v) is 14.0. The molecular formula is C17H25ClN2O. The quantitative estimate of drug-likeness (QED) is 0.642. The van der Waals surface area contributed by atoms with Crippen molar-refractivity contribution in [1.82, 2.24) is 9.55 Å². The molecule has 0 amide bonds. The third kappa shape index (κ3) is 3.91. The number of fused-ring (bicyclic) bond motifs is 1. The molecule has 0 saturated heterocycles. The first kappa shape index (κ1) is 16.2. The van der Waals surface area contributed by atoms with Gasteiger partial charge in [0.05, 0.1) is 18.0 Å². The summed E-state index contributed by atoms with van der Waals surface area (Å²) in [5.41, 5.74) is 2.06. The fraction of sp³-hybridized carbons (Fsp3) is 0.588. The second-order valence-electron chi connectivity index (χ2n) is 5.82. The van der Waals surface area contributed by atoms with Gasteiger partial charge in [0.1, 0.15) is 17.1 Å². The van der Waals surface area contributed by atoms with E-state index in [4.69, 9.17) is 16.3 Å². The van der Waals surface area contributed by atoms with Crippen LogP contribution in [0.4, 0.5) is 0 Å². The summed E-state index contributed by atoms with van der Waals surface area (Å²) in [7, 11) is 0. The first-order valence-corrected chi connectivity index (χ1v) is 8.37. The second kappa shape index (κ2) is 7.69. The molecule has 0 atom stereocenters. The van der Waals surface area contributed by atoms with Crippen molar-refractivity contribution in [2.24, 2.45) is 5.92 Å². The lowest BCUT2D eigenvalue weighted by molar-refractivity contribution is 0.320. The number of rotatable bonds is 8. The molecule has 0 aliphatic heterocycles. The van der Waals surface area contributed by atoms with Crippen molar-refractivity contribution in [3.63, 3.8) is 0 Å². The van der Waals surface area contributed by atoms with Crippen LogP contribution in [-0.4, -0.2) is 16.2 Å². The normalized spacial score (nSPS) is 11.5. The minimum Gasteiger partial charge on any atom is -0.491 e. The van der Waals surface area contributed by atoms with Crippen LogP contribution in [0.2, 0.25) is 0 Å². The maximum Gasteiger partial charge on any atom is 0.147 e. The molecule has 2 rings (SSSR count). The van der Waals surface area contributed by atoms with Crippen molar-refractivity contribution in [3.8, 4) is 5.75 Å². The molecule has 0 bridgehead atoms. The van der Waals surface area contributed by atoms with Crippen molar-refractivity contribution in [1.29, 1.82) is 0 Å². The van der Waals surface area contributed by atoms with Crippen LogP contribution in [0.15, 0.2) is 18.2 Å². The lowest BCUT2D eigenvalue weighted by Crippen LogP contribution is -2.03. The number of aryl methyl sites for hydroxylation is 1. The number of imidazole rings is 1. The predicted octanol–water partition coefficient (Wildman–Crippen LogP) is 5.00. The average molecular weight is 309 g/mol. The molecule has 1 aromatic heterocycles. The van der Waals surface area contributed by atoms with Gasteiger partial charge < -0.3 is 9.30 Å². The predicted molar refractivity (Wildman–Crippen MR) is 89.1 cm³/mol.